The second kappa shape index (κ2) is 6.02. The number of amidine groups is 1. The number of hydrogen-bond acceptors (Lipinski definition) is 6. The van der Waals surface area contributed by atoms with Gasteiger partial charge in [-0.15, -0.1) is 0 Å². The molecule has 0 aliphatic heterocycles. The third-order valence-corrected chi connectivity index (χ3v) is 3.52. The first-order chi connectivity index (χ1) is 9.61. The second-order valence-electron chi connectivity index (χ2n) is 3.71. The highest BCUT2D eigenvalue weighted by Crippen LogP contribution is 2.32. The fourth-order valence-corrected chi connectivity index (χ4v) is 2.43. The van der Waals surface area contributed by atoms with Crippen LogP contribution >= 0.6 is 11.8 Å². The number of non-ortho nitro benzene ring substituents is 1. The first-order valence-corrected chi connectivity index (χ1v) is 6.27. The van der Waals surface area contributed by atoms with Gasteiger partial charge in [-0.25, -0.2) is 0 Å². The number of hydrogen-bond donors (Lipinski definition) is 2. The van der Waals surface area contributed by atoms with Gasteiger partial charge in [0.25, 0.3) is 5.69 Å². The number of nitrogens with two attached hydrogens (primary N) is 1. The van der Waals surface area contributed by atoms with E-state index in [-0.39, 0.29) is 11.5 Å². The first-order valence-electron chi connectivity index (χ1n) is 5.46. The summed E-state index contributed by atoms with van der Waals surface area (Å²) in [6.45, 7) is 0. The molecule has 3 N–H and O–H groups in total. The van der Waals surface area contributed by atoms with Crippen LogP contribution in [-0.2, 0) is 0 Å². The number of rotatable bonds is 4. The number of nitrogens with zero attached hydrogens (tertiary/aromatic N) is 3. The van der Waals surface area contributed by atoms with E-state index < -0.39 is 4.92 Å². The highest BCUT2D eigenvalue weighted by Gasteiger charge is 2.14. The number of nitro groups is 1. The quantitative estimate of drug-likeness (QED) is 0.293. The average Bonchev–Trinajstić information content (AvgIpc) is 2.47. The molecule has 7 nitrogen and oxygen atoms in total. The molecule has 0 unspecified atom stereocenters. The van der Waals surface area contributed by atoms with Crippen molar-refractivity contribution in [3.05, 3.63) is 58.4 Å². The van der Waals surface area contributed by atoms with E-state index in [1.165, 1.54) is 23.9 Å². The average molecular weight is 290 g/mol. The van der Waals surface area contributed by atoms with Crippen molar-refractivity contribution >= 4 is 23.3 Å². The van der Waals surface area contributed by atoms with Crippen molar-refractivity contribution in [2.24, 2.45) is 10.9 Å². The maximum Gasteiger partial charge on any atom is 0.270 e. The number of benzene rings is 1. The molecule has 102 valence electrons. The second-order valence-corrected chi connectivity index (χ2v) is 4.82. The summed E-state index contributed by atoms with van der Waals surface area (Å²) in [5.41, 5.74) is 5.76. The maximum atomic E-state index is 10.8. The van der Waals surface area contributed by atoms with Gasteiger partial charge in [-0.1, -0.05) is 16.9 Å². The molecule has 2 rings (SSSR count). The van der Waals surface area contributed by atoms with Crippen molar-refractivity contribution in [3.63, 3.8) is 0 Å². The van der Waals surface area contributed by atoms with Crippen LogP contribution in [0.3, 0.4) is 0 Å². The van der Waals surface area contributed by atoms with Crippen LogP contribution in [0.15, 0.2) is 57.7 Å². The molecule has 0 aliphatic carbocycles. The van der Waals surface area contributed by atoms with Gasteiger partial charge in [0.2, 0.25) is 0 Å². The molecule has 20 heavy (non-hydrogen) atoms. The Hall–Kier alpha value is -2.61. The molecule has 0 saturated carbocycles. The van der Waals surface area contributed by atoms with Crippen molar-refractivity contribution in [2.75, 3.05) is 0 Å². The van der Waals surface area contributed by atoms with Crippen LogP contribution in [0.2, 0.25) is 0 Å². The summed E-state index contributed by atoms with van der Waals surface area (Å²) < 4.78 is 0. The van der Waals surface area contributed by atoms with Gasteiger partial charge in [-0.05, 0) is 18.2 Å². The monoisotopic (exact) mass is 290 g/mol. The van der Waals surface area contributed by atoms with Crippen molar-refractivity contribution in [3.8, 4) is 0 Å². The lowest BCUT2D eigenvalue weighted by molar-refractivity contribution is -0.384. The Bertz CT molecular complexity index is 661. The summed E-state index contributed by atoms with van der Waals surface area (Å²) >= 11 is 1.34. The highest BCUT2D eigenvalue weighted by molar-refractivity contribution is 7.99. The van der Waals surface area contributed by atoms with Crippen LogP contribution < -0.4 is 5.73 Å². The molecule has 0 fully saturated rings. The Balaban J connectivity index is 2.44. The number of aromatic nitrogens is 1. The van der Waals surface area contributed by atoms with Crippen LogP contribution in [0.1, 0.15) is 5.56 Å². The van der Waals surface area contributed by atoms with Crippen molar-refractivity contribution in [1.29, 1.82) is 0 Å². The third-order valence-electron chi connectivity index (χ3n) is 2.44. The molecule has 0 radical (unpaired) electrons. The van der Waals surface area contributed by atoms with Crippen molar-refractivity contribution in [2.45, 2.75) is 9.79 Å². The van der Waals surface area contributed by atoms with Gasteiger partial charge in [0.15, 0.2) is 5.84 Å². The zero-order valence-electron chi connectivity index (χ0n) is 10.1. The zero-order chi connectivity index (χ0) is 14.5. The van der Waals surface area contributed by atoms with Crippen LogP contribution in [0.25, 0.3) is 0 Å². The van der Waals surface area contributed by atoms with Gasteiger partial charge in [-0.2, -0.15) is 0 Å². The lowest BCUT2D eigenvalue weighted by atomic mass is 10.2. The highest BCUT2D eigenvalue weighted by atomic mass is 32.2. The summed E-state index contributed by atoms with van der Waals surface area (Å²) in [5.74, 6) is -0.176. The topological polar surface area (TPSA) is 115 Å². The van der Waals surface area contributed by atoms with E-state index in [0.29, 0.717) is 10.5 Å². The molecular weight excluding hydrogens is 280 g/mol. The van der Waals surface area contributed by atoms with E-state index in [0.717, 1.165) is 4.90 Å². The van der Waals surface area contributed by atoms with Crippen LogP contribution in [0, 0.1) is 10.1 Å². The minimum atomic E-state index is -0.533. The predicted molar refractivity (Wildman–Crippen MR) is 74.0 cm³/mol. The Morgan fingerprint density at radius 3 is 2.65 bits per heavy atom. The van der Waals surface area contributed by atoms with Crippen LogP contribution in [0.4, 0.5) is 5.69 Å². The normalized spacial score (nSPS) is 11.3. The van der Waals surface area contributed by atoms with Crippen LogP contribution in [0.5, 0.6) is 0 Å². The summed E-state index contributed by atoms with van der Waals surface area (Å²) in [7, 11) is 0. The predicted octanol–water partition coefficient (Wildman–Crippen LogP) is 2.24. The molecule has 0 amide bonds. The van der Waals surface area contributed by atoms with Gasteiger partial charge >= 0.3 is 0 Å². The summed E-state index contributed by atoms with van der Waals surface area (Å²) in [4.78, 5) is 15.7. The number of nitro benzene ring substituents is 1. The van der Waals surface area contributed by atoms with E-state index in [1.54, 1.807) is 30.6 Å². The molecule has 0 saturated heterocycles. The fraction of sp³-hybridized carbons (Fsp3) is 0. The fourth-order valence-electron chi connectivity index (χ4n) is 1.51. The van der Waals surface area contributed by atoms with Gasteiger partial charge in [0, 0.05) is 39.9 Å². The van der Waals surface area contributed by atoms with Gasteiger partial charge in [-0.3, -0.25) is 15.1 Å². The van der Waals surface area contributed by atoms with Gasteiger partial charge in [0.05, 0.1) is 4.92 Å². The first kappa shape index (κ1) is 13.8. The maximum absolute atomic E-state index is 10.8. The van der Waals surface area contributed by atoms with E-state index in [1.807, 2.05) is 0 Å². The van der Waals surface area contributed by atoms with E-state index in [2.05, 4.69) is 10.1 Å². The standard InChI is InChI=1S/C12H10N4O3S/c13-12(15-17)10-7-8(16(18)19)1-2-11(10)20-9-3-5-14-6-4-9/h1-7,17H,(H2,13,15). The Kier molecular flexibility index (Phi) is 4.16. The van der Waals surface area contributed by atoms with E-state index in [4.69, 9.17) is 10.9 Å². The smallest absolute Gasteiger partial charge is 0.270 e. The zero-order valence-corrected chi connectivity index (χ0v) is 10.9. The molecule has 1 aromatic carbocycles. The minimum absolute atomic E-state index is 0.120. The van der Waals surface area contributed by atoms with Crippen molar-refractivity contribution in [1.82, 2.24) is 4.98 Å². The summed E-state index contributed by atoms with van der Waals surface area (Å²) in [6, 6.07) is 7.80. The third kappa shape index (κ3) is 3.04. The Morgan fingerprint density at radius 2 is 2.05 bits per heavy atom. The van der Waals surface area contributed by atoms with Gasteiger partial charge < -0.3 is 10.9 Å². The van der Waals surface area contributed by atoms with E-state index >= 15 is 0 Å². The lowest BCUT2D eigenvalue weighted by Crippen LogP contribution is -2.14. The minimum Gasteiger partial charge on any atom is -0.409 e. The SMILES string of the molecule is N/C(=N/O)c1cc([N+](=O)[O-])ccc1Sc1ccncc1. The lowest BCUT2D eigenvalue weighted by Gasteiger charge is -2.07. The summed E-state index contributed by atoms with van der Waals surface area (Å²) in [5, 5.41) is 22.5. The molecule has 2 aromatic rings. The molecule has 8 heteroatoms. The van der Waals surface area contributed by atoms with Crippen LogP contribution in [-0.4, -0.2) is 21.0 Å². The molecular formula is C12H10N4O3S. The molecule has 0 aliphatic rings. The largest absolute Gasteiger partial charge is 0.409 e. The summed E-state index contributed by atoms with van der Waals surface area (Å²) in [6.07, 6.45) is 3.27. The molecule has 0 atom stereocenters. The Labute approximate surface area is 118 Å². The molecule has 0 spiro atoms. The van der Waals surface area contributed by atoms with Gasteiger partial charge in [0.1, 0.15) is 0 Å². The molecule has 1 aromatic heterocycles. The van der Waals surface area contributed by atoms with Crippen molar-refractivity contribution < 1.29 is 10.1 Å². The number of pyridine rings is 1. The molecule has 1 heterocycles. The Morgan fingerprint density at radius 1 is 1.35 bits per heavy atom. The molecule has 0 bridgehead atoms. The number of oxime groups is 1. The van der Waals surface area contributed by atoms with E-state index in [9.17, 15) is 10.1 Å².